The summed E-state index contributed by atoms with van der Waals surface area (Å²) in [6.45, 7) is 6.14. The fourth-order valence-electron chi connectivity index (χ4n) is 3.53. The highest BCUT2D eigenvalue weighted by Gasteiger charge is 2.52. The smallest absolute Gasteiger partial charge is 0.407 e. The maximum atomic E-state index is 12.0. The molecule has 0 radical (unpaired) electrons. The van der Waals surface area contributed by atoms with E-state index in [0.29, 0.717) is 12.8 Å². The highest BCUT2D eigenvalue weighted by atomic mass is 16.7. The first-order valence-electron chi connectivity index (χ1n) is 12.4. The lowest BCUT2D eigenvalue weighted by atomic mass is 9.98. The summed E-state index contributed by atoms with van der Waals surface area (Å²) >= 11 is 0. The second-order valence-electron chi connectivity index (χ2n) is 8.43. The first-order chi connectivity index (χ1) is 18.5. The van der Waals surface area contributed by atoms with Crippen molar-refractivity contribution < 1.29 is 57.1 Å². The van der Waals surface area contributed by atoms with Gasteiger partial charge in [0, 0.05) is 39.2 Å². The number of hydrogen-bond donors (Lipinski definition) is 1. The third-order valence-electron chi connectivity index (χ3n) is 5.05. The molecule has 0 bridgehead atoms. The minimum absolute atomic E-state index is 0.0381. The van der Waals surface area contributed by atoms with Crippen molar-refractivity contribution in [2.75, 3.05) is 19.8 Å². The molecule has 39 heavy (non-hydrogen) atoms. The molecule has 0 saturated carbocycles. The predicted molar refractivity (Wildman–Crippen MR) is 129 cm³/mol. The number of esters is 4. The van der Waals surface area contributed by atoms with Crippen LogP contribution in [0.3, 0.4) is 0 Å². The van der Waals surface area contributed by atoms with E-state index < -0.39 is 66.9 Å². The van der Waals surface area contributed by atoms with Crippen molar-refractivity contribution in [2.24, 2.45) is 5.11 Å². The molecule has 16 heteroatoms. The van der Waals surface area contributed by atoms with Gasteiger partial charge in [0.25, 0.3) is 0 Å². The third-order valence-corrected chi connectivity index (χ3v) is 5.05. The van der Waals surface area contributed by atoms with Crippen LogP contribution in [0.15, 0.2) is 5.11 Å². The summed E-state index contributed by atoms with van der Waals surface area (Å²) in [6, 6.07) is 0. The van der Waals surface area contributed by atoms with E-state index in [4.69, 9.17) is 38.7 Å². The van der Waals surface area contributed by atoms with Gasteiger partial charge in [0.2, 0.25) is 0 Å². The average Bonchev–Trinajstić information content (AvgIpc) is 2.83. The topological polar surface area (TPSA) is 211 Å². The lowest BCUT2D eigenvalue weighted by Crippen LogP contribution is -2.63. The second kappa shape index (κ2) is 17.8. The van der Waals surface area contributed by atoms with E-state index in [1.54, 1.807) is 0 Å². The molecule has 1 N–H and O–H groups in total. The Bertz CT molecular complexity index is 894. The van der Waals surface area contributed by atoms with Gasteiger partial charge in [-0.3, -0.25) is 19.2 Å². The number of azide groups is 1. The number of carbonyl (C=O) groups excluding carboxylic acids is 5. The number of amides is 1. The molecule has 1 heterocycles. The summed E-state index contributed by atoms with van der Waals surface area (Å²) in [5, 5.41) is 5.94. The van der Waals surface area contributed by atoms with E-state index in [0.717, 1.165) is 27.2 Å². The Morgan fingerprint density at radius 1 is 0.923 bits per heavy atom. The number of carbonyl (C=O) groups is 5. The second-order valence-corrected chi connectivity index (χ2v) is 8.43. The van der Waals surface area contributed by atoms with Crippen molar-refractivity contribution in [2.45, 2.75) is 97.2 Å². The van der Waals surface area contributed by atoms with Crippen LogP contribution in [0, 0.1) is 0 Å². The van der Waals surface area contributed by atoms with Gasteiger partial charge in [0.15, 0.2) is 30.8 Å². The first-order valence-corrected chi connectivity index (χ1v) is 12.4. The fraction of sp³-hybridized carbons (Fsp3) is 0.783. The maximum Gasteiger partial charge on any atom is 0.407 e. The van der Waals surface area contributed by atoms with E-state index in [1.165, 1.54) is 6.92 Å². The summed E-state index contributed by atoms with van der Waals surface area (Å²) in [4.78, 5) is 61.5. The molecule has 6 atom stereocenters. The normalized spacial score (nSPS) is 22.8. The standard InChI is InChI=1S/C23H36N4O12/c1-6-7-9-18(26-27-24)39-23(32)25-10-8-11-33-22-21(37-16(5)31)20(36-15(4)30)19(35-14(3)29)17(38-22)12-34-13(2)28/h17-22H,6-12H2,1-5H3,(H,25,32)/t17-,18?,19+,20+,21-,22-/m1/s1. The fourth-order valence-corrected chi connectivity index (χ4v) is 3.53. The van der Waals surface area contributed by atoms with Crippen LogP contribution in [-0.4, -0.2) is 86.7 Å². The highest BCUT2D eigenvalue weighted by Crippen LogP contribution is 2.30. The summed E-state index contributed by atoms with van der Waals surface area (Å²) in [6.07, 6.45) is -5.96. The molecule has 1 fully saturated rings. The largest absolute Gasteiger partial charge is 0.463 e. The van der Waals surface area contributed by atoms with Crippen LogP contribution >= 0.6 is 0 Å². The SMILES string of the molecule is CCCCC(N=[N+]=[N-])OC(=O)NCCCO[C@@H]1O[C@H](COC(C)=O)[C@H](OC(C)=O)[C@H](OC(C)=O)[C@H]1OC(C)=O. The number of rotatable bonds is 15. The van der Waals surface area contributed by atoms with E-state index in [9.17, 15) is 24.0 Å². The average molecular weight is 561 g/mol. The van der Waals surface area contributed by atoms with Crippen molar-refractivity contribution in [1.29, 1.82) is 0 Å². The lowest BCUT2D eigenvalue weighted by molar-refractivity contribution is -0.308. The molecule has 0 aromatic rings. The maximum absolute atomic E-state index is 12.0. The highest BCUT2D eigenvalue weighted by molar-refractivity contribution is 5.69. The van der Waals surface area contributed by atoms with Crippen LogP contribution < -0.4 is 5.32 Å². The molecule has 0 aromatic carbocycles. The molecule has 16 nitrogen and oxygen atoms in total. The number of nitrogens with one attached hydrogen (secondary N) is 1. The molecule has 1 aliphatic rings. The van der Waals surface area contributed by atoms with Crippen molar-refractivity contribution in [3.63, 3.8) is 0 Å². The molecule has 0 aromatic heterocycles. The van der Waals surface area contributed by atoms with Crippen LogP contribution in [0.25, 0.3) is 10.4 Å². The van der Waals surface area contributed by atoms with Crippen LogP contribution in [0.4, 0.5) is 4.79 Å². The quantitative estimate of drug-likeness (QED) is 0.0761. The molecule has 1 aliphatic heterocycles. The number of nitrogens with zero attached hydrogens (tertiary/aromatic N) is 3. The summed E-state index contributed by atoms with van der Waals surface area (Å²) in [7, 11) is 0. The Balaban J connectivity index is 2.89. The van der Waals surface area contributed by atoms with Gasteiger partial charge in [-0.1, -0.05) is 13.3 Å². The number of unbranched alkanes of at least 4 members (excludes halogenated alkanes) is 1. The van der Waals surface area contributed by atoms with Gasteiger partial charge < -0.3 is 38.5 Å². The zero-order valence-corrected chi connectivity index (χ0v) is 22.7. The predicted octanol–water partition coefficient (Wildman–Crippen LogP) is 2.03. The van der Waals surface area contributed by atoms with Crippen molar-refractivity contribution in [3.05, 3.63) is 10.4 Å². The van der Waals surface area contributed by atoms with E-state index >= 15 is 0 Å². The Morgan fingerprint density at radius 3 is 2.10 bits per heavy atom. The van der Waals surface area contributed by atoms with E-state index in [1.807, 2.05) is 6.92 Å². The van der Waals surface area contributed by atoms with Gasteiger partial charge in [-0.25, -0.2) is 4.79 Å². The number of ether oxygens (including phenoxy) is 7. The van der Waals surface area contributed by atoms with Crippen molar-refractivity contribution in [3.8, 4) is 0 Å². The third kappa shape index (κ3) is 13.1. The van der Waals surface area contributed by atoms with Gasteiger partial charge in [-0.2, -0.15) is 0 Å². The Labute approximate surface area is 225 Å². The lowest BCUT2D eigenvalue weighted by Gasteiger charge is -2.44. The van der Waals surface area contributed by atoms with Gasteiger partial charge in [-0.05, 0) is 29.9 Å². The summed E-state index contributed by atoms with van der Waals surface area (Å²) < 4.78 is 37.5. The molecular weight excluding hydrogens is 524 g/mol. The van der Waals surface area contributed by atoms with Gasteiger partial charge in [0.05, 0.1) is 6.61 Å². The minimum atomic E-state index is -1.34. The van der Waals surface area contributed by atoms with Gasteiger partial charge in [0.1, 0.15) is 12.7 Å². The molecule has 220 valence electrons. The summed E-state index contributed by atoms with van der Waals surface area (Å²) in [5.41, 5.74) is 8.61. The first kappa shape index (κ1) is 33.4. The number of hydrogen-bond acceptors (Lipinski definition) is 13. The van der Waals surface area contributed by atoms with Crippen LogP contribution in [-0.2, 0) is 52.3 Å². The molecule has 0 aliphatic carbocycles. The molecule has 1 saturated heterocycles. The molecule has 1 rings (SSSR count). The molecule has 1 amide bonds. The molecule has 0 spiro atoms. The molecule has 1 unspecified atom stereocenters. The Morgan fingerprint density at radius 2 is 1.54 bits per heavy atom. The Hall–Kier alpha value is -3.62. The summed E-state index contributed by atoms with van der Waals surface area (Å²) in [5.74, 6) is -2.90. The van der Waals surface area contributed by atoms with Crippen LogP contribution in [0.5, 0.6) is 0 Å². The zero-order chi connectivity index (χ0) is 29.4. The van der Waals surface area contributed by atoms with Gasteiger partial charge in [-0.15, -0.1) is 0 Å². The van der Waals surface area contributed by atoms with E-state index in [-0.39, 0.29) is 26.2 Å². The number of alkyl carbamates (subject to hydrolysis) is 1. The van der Waals surface area contributed by atoms with E-state index in [2.05, 4.69) is 15.3 Å². The zero-order valence-electron chi connectivity index (χ0n) is 22.7. The minimum Gasteiger partial charge on any atom is -0.463 e. The van der Waals surface area contributed by atoms with Crippen LogP contribution in [0.2, 0.25) is 0 Å². The van der Waals surface area contributed by atoms with Crippen molar-refractivity contribution in [1.82, 2.24) is 5.32 Å². The van der Waals surface area contributed by atoms with Gasteiger partial charge >= 0.3 is 30.0 Å². The Kier molecular flexibility index (Phi) is 15.3. The van der Waals surface area contributed by atoms with Crippen LogP contribution in [0.1, 0.15) is 60.3 Å². The van der Waals surface area contributed by atoms with Crippen molar-refractivity contribution >= 4 is 30.0 Å². The monoisotopic (exact) mass is 560 g/mol. The molecular formula is C23H36N4O12.